The van der Waals surface area contributed by atoms with Gasteiger partial charge >= 0.3 is 6.09 Å². The van der Waals surface area contributed by atoms with Gasteiger partial charge in [-0.2, -0.15) is 0 Å². The van der Waals surface area contributed by atoms with Gasteiger partial charge in [0, 0.05) is 30.6 Å². The topological polar surface area (TPSA) is 96.0 Å². The number of likely N-dealkylation sites (tertiary alicyclic amines) is 1. The minimum Gasteiger partial charge on any atom is -0.355 e. The van der Waals surface area contributed by atoms with E-state index in [1.807, 2.05) is 26.8 Å². The Morgan fingerprint density at radius 1 is 1.12 bits per heavy atom. The molecule has 1 aromatic rings. The summed E-state index contributed by atoms with van der Waals surface area (Å²) in [6, 6.07) is 4.19. The molecule has 3 heterocycles. The molecule has 3 aliphatic heterocycles. The second kappa shape index (κ2) is 8.89. The summed E-state index contributed by atoms with van der Waals surface area (Å²) in [4.78, 5) is 52.9. The van der Waals surface area contributed by atoms with E-state index in [-0.39, 0.29) is 29.7 Å². The van der Waals surface area contributed by atoms with Crippen LogP contribution in [-0.4, -0.2) is 52.7 Å². The molecular formula is C25H29N3O5. The second-order valence-corrected chi connectivity index (χ2v) is 9.89. The lowest BCUT2D eigenvalue weighted by atomic mass is 9.81. The summed E-state index contributed by atoms with van der Waals surface area (Å²) in [5.41, 5.74) is 1.56. The fourth-order valence-corrected chi connectivity index (χ4v) is 4.89. The van der Waals surface area contributed by atoms with Gasteiger partial charge in [0.15, 0.2) is 0 Å². The van der Waals surface area contributed by atoms with Crippen molar-refractivity contribution in [3.63, 3.8) is 0 Å². The van der Waals surface area contributed by atoms with Crippen LogP contribution in [0.2, 0.25) is 0 Å². The van der Waals surface area contributed by atoms with E-state index in [2.05, 4.69) is 17.3 Å². The minimum atomic E-state index is -0.702. The Morgan fingerprint density at radius 2 is 1.85 bits per heavy atom. The highest BCUT2D eigenvalue weighted by Gasteiger charge is 2.48. The summed E-state index contributed by atoms with van der Waals surface area (Å²) in [7, 11) is 0. The van der Waals surface area contributed by atoms with E-state index >= 15 is 0 Å². The van der Waals surface area contributed by atoms with Crippen LogP contribution in [0.5, 0.6) is 0 Å². The zero-order valence-electron chi connectivity index (χ0n) is 19.3. The zero-order chi connectivity index (χ0) is 23.8. The van der Waals surface area contributed by atoms with Gasteiger partial charge in [-0.15, -0.1) is 0 Å². The first-order valence-electron chi connectivity index (χ1n) is 11.4. The standard InChI is InChI=1S/C25H29N3O5/c1-25(2,3)21-18-15-16(11-14-33-24(32)27-12-5-4-6-13-27)7-8-17(18)23(31)28(21)19-9-10-20(29)26-22(19)30/h7-8,15,19,21H,4-6,9-10,12-13H2,1-3H3,(H,26,29,30). The molecule has 174 valence electrons. The van der Waals surface area contributed by atoms with Crippen molar-refractivity contribution in [3.8, 4) is 12.0 Å². The summed E-state index contributed by atoms with van der Waals surface area (Å²) in [5.74, 6) is 1.89. The predicted octanol–water partition coefficient (Wildman–Crippen LogP) is 2.97. The monoisotopic (exact) mass is 451 g/mol. The van der Waals surface area contributed by atoms with Gasteiger partial charge in [-0.05, 0) is 60.8 Å². The number of hydrogen-bond acceptors (Lipinski definition) is 5. The number of ether oxygens (including phenoxy) is 1. The van der Waals surface area contributed by atoms with Crippen LogP contribution >= 0.6 is 0 Å². The Labute approximate surface area is 193 Å². The molecule has 8 heteroatoms. The van der Waals surface area contributed by atoms with Crippen LogP contribution in [0.25, 0.3) is 0 Å². The smallest absolute Gasteiger partial charge is 0.355 e. The summed E-state index contributed by atoms with van der Waals surface area (Å²) in [5, 5.41) is 2.36. The van der Waals surface area contributed by atoms with E-state index in [4.69, 9.17) is 4.74 Å². The van der Waals surface area contributed by atoms with Crippen molar-refractivity contribution in [2.24, 2.45) is 5.41 Å². The molecule has 3 aliphatic rings. The minimum absolute atomic E-state index is 0.201. The van der Waals surface area contributed by atoms with E-state index in [9.17, 15) is 19.2 Å². The third-order valence-corrected chi connectivity index (χ3v) is 6.40. The first kappa shape index (κ1) is 22.8. The first-order valence-corrected chi connectivity index (χ1v) is 11.4. The maximum Gasteiger partial charge on any atom is 0.423 e. The number of hydrogen-bond donors (Lipinski definition) is 1. The summed E-state index contributed by atoms with van der Waals surface area (Å²) >= 11 is 0. The molecule has 8 nitrogen and oxygen atoms in total. The van der Waals surface area contributed by atoms with Gasteiger partial charge in [0.2, 0.25) is 11.8 Å². The Morgan fingerprint density at radius 3 is 2.52 bits per heavy atom. The normalized spacial score (nSPS) is 22.9. The largest absolute Gasteiger partial charge is 0.423 e. The van der Waals surface area contributed by atoms with Crippen molar-refractivity contribution in [1.29, 1.82) is 0 Å². The number of benzene rings is 1. The van der Waals surface area contributed by atoms with E-state index < -0.39 is 18.0 Å². The zero-order valence-corrected chi connectivity index (χ0v) is 19.3. The average molecular weight is 452 g/mol. The number of fused-ring (bicyclic) bond motifs is 1. The van der Waals surface area contributed by atoms with E-state index in [1.165, 1.54) is 0 Å². The molecule has 33 heavy (non-hydrogen) atoms. The molecule has 0 aliphatic carbocycles. The number of nitrogens with one attached hydrogen (secondary N) is 1. The number of piperidine rings is 2. The Bertz CT molecular complexity index is 1060. The molecule has 1 aromatic carbocycles. The van der Waals surface area contributed by atoms with Gasteiger partial charge < -0.3 is 14.5 Å². The number of carbonyl (C=O) groups excluding carboxylic acids is 4. The summed E-state index contributed by atoms with van der Waals surface area (Å²) in [6.45, 7) is 7.41. The van der Waals surface area contributed by atoms with Crippen LogP contribution < -0.4 is 5.32 Å². The van der Waals surface area contributed by atoms with Crippen molar-refractivity contribution in [1.82, 2.24) is 15.1 Å². The van der Waals surface area contributed by atoms with Gasteiger partial charge in [-0.25, -0.2) is 4.79 Å². The van der Waals surface area contributed by atoms with E-state index in [0.717, 1.165) is 24.8 Å². The highest BCUT2D eigenvalue weighted by molar-refractivity contribution is 6.06. The molecule has 2 fully saturated rings. The van der Waals surface area contributed by atoms with Crippen LogP contribution in [-0.2, 0) is 14.3 Å². The molecule has 0 spiro atoms. The molecule has 2 unspecified atom stereocenters. The third-order valence-electron chi connectivity index (χ3n) is 6.40. The van der Waals surface area contributed by atoms with Crippen LogP contribution in [0.15, 0.2) is 18.2 Å². The molecule has 1 N–H and O–H groups in total. The molecule has 0 saturated carbocycles. The van der Waals surface area contributed by atoms with Crippen LogP contribution in [0.3, 0.4) is 0 Å². The molecule has 0 bridgehead atoms. The highest BCUT2D eigenvalue weighted by atomic mass is 16.5. The summed E-state index contributed by atoms with van der Waals surface area (Å²) < 4.78 is 5.12. The number of carbonyl (C=O) groups is 4. The lowest BCUT2D eigenvalue weighted by Gasteiger charge is -2.40. The number of imide groups is 1. The van der Waals surface area contributed by atoms with Crippen molar-refractivity contribution in [2.75, 3.05) is 13.1 Å². The fourth-order valence-electron chi connectivity index (χ4n) is 4.89. The third kappa shape index (κ3) is 4.58. The molecule has 0 aromatic heterocycles. The number of rotatable bonds is 1. The van der Waals surface area contributed by atoms with E-state index in [0.29, 0.717) is 30.6 Å². The molecule has 2 saturated heterocycles. The van der Waals surface area contributed by atoms with Gasteiger partial charge in [-0.3, -0.25) is 19.7 Å². The van der Waals surface area contributed by atoms with Crippen molar-refractivity contribution in [3.05, 3.63) is 34.9 Å². The van der Waals surface area contributed by atoms with Gasteiger partial charge in [0.05, 0.1) is 6.04 Å². The van der Waals surface area contributed by atoms with E-state index in [1.54, 1.807) is 21.9 Å². The second-order valence-electron chi connectivity index (χ2n) is 9.89. The highest BCUT2D eigenvalue weighted by Crippen LogP contribution is 2.47. The van der Waals surface area contributed by atoms with Crippen molar-refractivity contribution >= 4 is 23.8 Å². The lowest BCUT2D eigenvalue weighted by Crippen LogP contribution is -2.54. The predicted molar refractivity (Wildman–Crippen MR) is 120 cm³/mol. The van der Waals surface area contributed by atoms with Crippen molar-refractivity contribution in [2.45, 2.75) is 65.0 Å². The lowest BCUT2D eigenvalue weighted by molar-refractivity contribution is -0.137. The Hall–Kier alpha value is -3.34. The Balaban J connectivity index is 1.58. The first-order chi connectivity index (χ1) is 15.7. The van der Waals surface area contributed by atoms with Crippen LogP contribution in [0.4, 0.5) is 4.79 Å². The Kier molecular flexibility index (Phi) is 6.15. The van der Waals surface area contributed by atoms with Gasteiger partial charge in [0.1, 0.15) is 12.1 Å². The molecule has 4 rings (SSSR count). The molecule has 4 amide bonds. The molecule has 0 radical (unpaired) electrons. The molecular weight excluding hydrogens is 422 g/mol. The van der Waals surface area contributed by atoms with Crippen LogP contribution in [0, 0.1) is 17.4 Å². The SMILES string of the molecule is CC(C)(C)C1c2cc(C#COC(=O)N3CCCCC3)ccc2C(=O)N1C1CCC(=O)NC1=O. The fraction of sp³-hybridized carbons (Fsp3) is 0.520. The van der Waals surface area contributed by atoms with Gasteiger partial charge in [0.25, 0.3) is 5.91 Å². The average Bonchev–Trinajstić information content (AvgIpc) is 3.06. The maximum absolute atomic E-state index is 13.3. The van der Waals surface area contributed by atoms with Crippen LogP contribution in [0.1, 0.15) is 80.4 Å². The number of amides is 4. The maximum atomic E-state index is 13.3. The summed E-state index contributed by atoms with van der Waals surface area (Å²) in [6.07, 6.45) is 5.63. The quantitative estimate of drug-likeness (QED) is 0.523. The van der Waals surface area contributed by atoms with Crippen molar-refractivity contribution < 1.29 is 23.9 Å². The van der Waals surface area contributed by atoms with Gasteiger partial charge in [-0.1, -0.05) is 20.8 Å². The molecule has 2 atom stereocenters. The number of nitrogens with zero attached hydrogens (tertiary/aromatic N) is 2.